The predicted octanol–water partition coefficient (Wildman–Crippen LogP) is 5.27. The monoisotopic (exact) mass is 412 g/mol. The average molecular weight is 413 g/mol. The van der Waals surface area contributed by atoms with Crippen molar-refractivity contribution in [3.05, 3.63) is 40.5 Å². The van der Waals surface area contributed by atoms with Crippen molar-refractivity contribution in [3.8, 4) is 5.75 Å². The zero-order valence-electron chi connectivity index (χ0n) is 19.5. The van der Waals surface area contributed by atoms with E-state index < -0.39 is 5.97 Å². The summed E-state index contributed by atoms with van der Waals surface area (Å²) in [7, 11) is 4.18. The molecule has 0 saturated heterocycles. The van der Waals surface area contributed by atoms with E-state index in [4.69, 9.17) is 9.84 Å². The number of anilines is 1. The van der Waals surface area contributed by atoms with Crippen molar-refractivity contribution >= 4 is 17.4 Å². The first-order chi connectivity index (χ1) is 14.0. The molecule has 1 aromatic rings. The average Bonchev–Trinajstić information content (AvgIpc) is 2.61. The highest BCUT2D eigenvalue weighted by atomic mass is 16.5. The molecule has 0 aliphatic carbocycles. The van der Waals surface area contributed by atoms with Crippen molar-refractivity contribution in [3.63, 3.8) is 0 Å². The summed E-state index contributed by atoms with van der Waals surface area (Å²) in [5.41, 5.74) is 7.31. The molecule has 0 fully saturated rings. The minimum Gasteiger partial charge on any atom is -0.488 e. The number of benzene rings is 1. The van der Waals surface area contributed by atoms with Crippen LogP contribution in [0.1, 0.15) is 70.9 Å². The molecule has 0 aromatic heterocycles. The van der Waals surface area contributed by atoms with Gasteiger partial charge in [0.1, 0.15) is 12.4 Å². The van der Waals surface area contributed by atoms with Crippen LogP contribution in [0, 0.1) is 0 Å². The van der Waals surface area contributed by atoms with Gasteiger partial charge in [0.05, 0.1) is 5.70 Å². The Labute approximate surface area is 181 Å². The van der Waals surface area contributed by atoms with E-state index in [1.807, 2.05) is 0 Å². The van der Waals surface area contributed by atoms with Crippen LogP contribution in [0.2, 0.25) is 0 Å². The van der Waals surface area contributed by atoms with Crippen LogP contribution < -0.4 is 9.64 Å². The van der Waals surface area contributed by atoms with Crippen molar-refractivity contribution in [2.24, 2.45) is 0 Å². The molecule has 0 spiro atoms. The Morgan fingerprint density at radius 3 is 2.63 bits per heavy atom. The zero-order valence-corrected chi connectivity index (χ0v) is 19.5. The topological polar surface area (TPSA) is 53.0 Å². The van der Waals surface area contributed by atoms with E-state index in [0.717, 1.165) is 24.3 Å². The molecule has 3 rings (SSSR count). The van der Waals surface area contributed by atoms with Crippen molar-refractivity contribution in [1.29, 1.82) is 0 Å². The minimum absolute atomic E-state index is 0.0265. The minimum atomic E-state index is -0.736. The molecule has 5 heteroatoms. The first kappa shape index (κ1) is 22.3. The Balaban J connectivity index is 2.10. The van der Waals surface area contributed by atoms with Crippen LogP contribution in [0.3, 0.4) is 0 Å². The summed E-state index contributed by atoms with van der Waals surface area (Å²) in [6.45, 7) is 12.3. The molecule has 1 aromatic carbocycles. The third kappa shape index (κ3) is 4.35. The van der Waals surface area contributed by atoms with Gasteiger partial charge in [0.25, 0.3) is 0 Å². The molecule has 164 valence electrons. The summed E-state index contributed by atoms with van der Waals surface area (Å²) in [6.07, 6.45) is 4.08. The molecule has 30 heavy (non-hydrogen) atoms. The molecule has 1 unspecified atom stereocenters. The smallest absolute Gasteiger partial charge is 0.303 e. The van der Waals surface area contributed by atoms with Gasteiger partial charge in [0.2, 0.25) is 0 Å². The number of hydrogen-bond acceptors (Lipinski definition) is 4. The number of carbonyl (C=O) groups is 1. The number of carboxylic acids is 1. The van der Waals surface area contributed by atoms with Gasteiger partial charge in [-0.25, -0.2) is 0 Å². The van der Waals surface area contributed by atoms with Crippen LogP contribution in [-0.2, 0) is 4.79 Å². The Hall–Kier alpha value is -2.43. The molecule has 5 nitrogen and oxygen atoms in total. The number of allylic oxidation sites excluding steroid dienone is 1. The fraction of sp³-hybridized carbons (Fsp3) is 0.560. The number of rotatable bonds is 6. The summed E-state index contributed by atoms with van der Waals surface area (Å²) in [5.74, 6) is 0.601. The quantitative estimate of drug-likeness (QED) is 0.689. The van der Waals surface area contributed by atoms with Crippen molar-refractivity contribution in [1.82, 2.24) is 4.90 Å². The Morgan fingerprint density at radius 2 is 2.03 bits per heavy atom. The van der Waals surface area contributed by atoms with E-state index >= 15 is 0 Å². The number of hydrogen-bond donors (Lipinski definition) is 1. The van der Waals surface area contributed by atoms with Gasteiger partial charge in [-0.2, -0.15) is 0 Å². The van der Waals surface area contributed by atoms with Crippen LogP contribution in [0.15, 0.2) is 29.4 Å². The summed E-state index contributed by atoms with van der Waals surface area (Å²) >= 11 is 0. The predicted molar refractivity (Wildman–Crippen MR) is 123 cm³/mol. The highest BCUT2D eigenvalue weighted by Gasteiger charge is 2.37. The van der Waals surface area contributed by atoms with Gasteiger partial charge in [-0.05, 0) is 58.1 Å². The lowest BCUT2D eigenvalue weighted by atomic mass is 9.78. The molecular formula is C25H36N2O3. The van der Waals surface area contributed by atoms with Crippen LogP contribution in [0.25, 0.3) is 5.70 Å². The van der Waals surface area contributed by atoms with Crippen molar-refractivity contribution in [2.45, 2.75) is 65.3 Å². The Morgan fingerprint density at radius 1 is 1.33 bits per heavy atom. The highest BCUT2D eigenvalue weighted by Crippen LogP contribution is 2.48. The molecule has 2 heterocycles. The summed E-state index contributed by atoms with van der Waals surface area (Å²) in [6, 6.07) is 4.49. The lowest BCUT2D eigenvalue weighted by Gasteiger charge is -2.48. The normalized spacial score (nSPS) is 19.6. The summed E-state index contributed by atoms with van der Waals surface area (Å²) in [5, 5.41) is 9.08. The van der Waals surface area contributed by atoms with E-state index in [1.54, 1.807) is 0 Å². The molecule has 1 N–H and O–H groups in total. The van der Waals surface area contributed by atoms with Gasteiger partial charge in [-0.1, -0.05) is 18.6 Å². The molecule has 0 radical (unpaired) electrons. The van der Waals surface area contributed by atoms with Gasteiger partial charge in [0, 0.05) is 55.5 Å². The largest absolute Gasteiger partial charge is 0.488 e. The van der Waals surface area contributed by atoms with Crippen molar-refractivity contribution < 1.29 is 14.6 Å². The Kier molecular flexibility index (Phi) is 6.21. The maximum Gasteiger partial charge on any atom is 0.303 e. The van der Waals surface area contributed by atoms with Gasteiger partial charge in [0.15, 0.2) is 0 Å². The fourth-order valence-corrected chi connectivity index (χ4v) is 5.01. The number of aliphatic carboxylic acids is 1. The summed E-state index contributed by atoms with van der Waals surface area (Å²) < 4.78 is 6.23. The van der Waals surface area contributed by atoms with Gasteiger partial charge < -0.3 is 19.6 Å². The summed E-state index contributed by atoms with van der Waals surface area (Å²) in [4.78, 5) is 15.6. The van der Waals surface area contributed by atoms with E-state index in [9.17, 15) is 4.79 Å². The number of fused-ring (bicyclic) bond motifs is 2. The molecule has 2 aliphatic heterocycles. The van der Waals surface area contributed by atoms with Gasteiger partial charge in [-0.3, -0.25) is 4.79 Å². The number of ether oxygens (including phenoxy) is 1. The maximum absolute atomic E-state index is 11.0. The molecule has 2 aliphatic rings. The van der Waals surface area contributed by atoms with E-state index in [1.165, 1.54) is 28.1 Å². The Bertz CT molecular complexity index is 892. The van der Waals surface area contributed by atoms with Crippen LogP contribution in [0.4, 0.5) is 5.69 Å². The number of nitrogens with zero attached hydrogens (tertiary/aromatic N) is 2. The first-order valence-corrected chi connectivity index (χ1v) is 10.9. The van der Waals surface area contributed by atoms with Crippen molar-refractivity contribution in [2.75, 3.05) is 32.1 Å². The second-order valence-electron chi connectivity index (χ2n) is 9.75. The zero-order chi connectivity index (χ0) is 22.2. The third-order valence-corrected chi connectivity index (χ3v) is 6.11. The van der Waals surface area contributed by atoms with E-state index in [2.05, 4.69) is 76.7 Å². The van der Waals surface area contributed by atoms with Gasteiger partial charge in [-0.15, -0.1) is 0 Å². The van der Waals surface area contributed by atoms with E-state index in [0.29, 0.717) is 18.9 Å². The van der Waals surface area contributed by atoms with Crippen LogP contribution >= 0.6 is 0 Å². The lowest BCUT2D eigenvalue weighted by Crippen LogP contribution is -2.49. The van der Waals surface area contributed by atoms with Crippen LogP contribution in [0.5, 0.6) is 5.75 Å². The lowest BCUT2D eigenvalue weighted by molar-refractivity contribution is -0.137. The molecule has 0 saturated carbocycles. The molecule has 0 bridgehead atoms. The van der Waals surface area contributed by atoms with E-state index in [-0.39, 0.29) is 12.0 Å². The molecular weight excluding hydrogens is 376 g/mol. The molecule has 1 atom stereocenters. The van der Waals surface area contributed by atoms with Gasteiger partial charge >= 0.3 is 5.97 Å². The third-order valence-electron chi connectivity index (χ3n) is 6.11. The number of carboxylic acid groups (broad SMARTS) is 1. The maximum atomic E-state index is 11.0. The standard InChI is InChI=1S/C25H36N2O3/c1-16(2)11-18-15-30-22-13-21-19(12-20(22)24(18)26(6)7)17(3)14-25(4,5)27(21)10-8-9-23(28)29/h11-13,17H,8-10,14-15H2,1-7H3,(H,28,29). The fourth-order valence-electron chi connectivity index (χ4n) is 5.01. The second-order valence-corrected chi connectivity index (χ2v) is 9.75. The highest BCUT2D eigenvalue weighted by molar-refractivity contribution is 5.79. The molecule has 0 amide bonds. The first-order valence-electron chi connectivity index (χ1n) is 10.9. The van der Waals surface area contributed by atoms with Crippen LogP contribution in [-0.4, -0.2) is 48.8 Å². The second kappa shape index (κ2) is 8.37. The SMILES string of the molecule is CC(C)=CC1=C(N(C)C)c2cc3c(cc2OC1)N(CCCC(=O)O)C(C)(C)CC3C.